The minimum Gasteiger partial charge on any atom is -0.179 e. The highest BCUT2D eigenvalue weighted by molar-refractivity contribution is 8.24. The Kier molecular flexibility index (Phi) is 15.5. The molecule has 22 heavy (non-hydrogen) atoms. The zero-order valence-electron chi connectivity index (χ0n) is 13.2. The third-order valence-corrected chi connectivity index (χ3v) is 13.7. The zero-order valence-corrected chi connectivity index (χ0v) is 19.9. The van der Waals surface area contributed by atoms with Crippen LogP contribution in [0.2, 0.25) is 0 Å². The van der Waals surface area contributed by atoms with Crippen molar-refractivity contribution in [3.8, 4) is 0 Å². The minimum atomic E-state index is 0.399. The largest absolute Gasteiger partial charge is 0.179 e. The van der Waals surface area contributed by atoms with Crippen molar-refractivity contribution < 1.29 is 0 Å². The maximum absolute atomic E-state index is 4.29. The summed E-state index contributed by atoms with van der Waals surface area (Å²) in [5.41, 5.74) is 0. The highest BCUT2D eigenvalue weighted by Gasteiger charge is 2.37. The predicted molar refractivity (Wildman–Crippen MR) is 129 cm³/mol. The standard InChI is InChI=1S/C14H28S8/c1-14(21-5-2-6-22-14)13(19-11-9-17-7-3-15)20-12-10-18-8-4-16/h13,15-16H,2-12H2,1H3. The van der Waals surface area contributed by atoms with Crippen molar-refractivity contribution in [2.75, 3.05) is 57.5 Å². The van der Waals surface area contributed by atoms with Gasteiger partial charge in [-0.05, 0) is 36.4 Å². The molecular formula is C14H28S8. The monoisotopic (exact) mass is 452 g/mol. The van der Waals surface area contributed by atoms with Crippen LogP contribution in [0.15, 0.2) is 0 Å². The predicted octanol–water partition coefficient (Wildman–Crippen LogP) is 5.69. The van der Waals surface area contributed by atoms with E-state index in [9.17, 15) is 0 Å². The van der Waals surface area contributed by atoms with Crippen LogP contribution in [0, 0.1) is 0 Å². The third-order valence-electron chi connectivity index (χ3n) is 2.96. The van der Waals surface area contributed by atoms with Gasteiger partial charge in [-0.25, -0.2) is 0 Å². The van der Waals surface area contributed by atoms with Crippen LogP contribution in [0.4, 0.5) is 0 Å². The molecule has 0 aromatic carbocycles. The molecule has 0 saturated carbocycles. The van der Waals surface area contributed by atoms with E-state index in [1.54, 1.807) is 0 Å². The van der Waals surface area contributed by atoms with Crippen LogP contribution in [0.1, 0.15) is 13.3 Å². The van der Waals surface area contributed by atoms with Gasteiger partial charge in [-0.15, -0.1) is 47.0 Å². The fraction of sp³-hybridized carbons (Fsp3) is 1.00. The van der Waals surface area contributed by atoms with Crippen molar-refractivity contribution >= 4 is 95.8 Å². The van der Waals surface area contributed by atoms with E-state index in [1.807, 2.05) is 23.5 Å². The molecule has 1 saturated heterocycles. The Bertz CT molecular complexity index is 243. The summed E-state index contributed by atoms with van der Waals surface area (Å²) in [7, 11) is 0. The second kappa shape index (κ2) is 14.9. The fourth-order valence-corrected chi connectivity index (χ4v) is 11.4. The first kappa shape index (κ1) is 22.8. The summed E-state index contributed by atoms with van der Waals surface area (Å²) in [4.78, 5) is 0. The minimum absolute atomic E-state index is 0.399. The number of thiol groups is 2. The Balaban J connectivity index is 2.34. The molecule has 0 spiro atoms. The first-order valence-corrected chi connectivity index (χ1v) is 15.3. The third kappa shape index (κ3) is 10.1. The maximum atomic E-state index is 4.29. The molecule has 0 aromatic heterocycles. The summed E-state index contributed by atoms with van der Waals surface area (Å²) < 4.78 is 1.12. The van der Waals surface area contributed by atoms with Gasteiger partial charge in [0.1, 0.15) is 0 Å². The van der Waals surface area contributed by atoms with Gasteiger partial charge in [-0.2, -0.15) is 48.8 Å². The van der Waals surface area contributed by atoms with Gasteiger partial charge in [0.15, 0.2) is 0 Å². The molecule has 1 rings (SSSR count). The van der Waals surface area contributed by atoms with E-state index in [4.69, 9.17) is 0 Å². The first-order valence-electron chi connectivity index (χ1n) is 7.61. The highest BCUT2D eigenvalue weighted by atomic mass is 32.2. The van der Waals surface area contributed by atoms with Crippen LogP contribution in [0.25, 0.3) is 0 Å². The molecule has 1 aliphatic rings. The summed E-state index contributed by atoms with van der Waals surface area (Å²) >= 11 is 21.4. The summed E-state index contributed by atoms with van der Waals surface area (Å²) in [5.74, 6) is 12.1. The Morgan fingerprint density at radius 1 is 0.864 bits per heavy atom. The van der Waals surface area contributed by atoms with E-state index < -0.39 is 0 Å². The summed E-state index contributed by atoms with van der Waals surface area (Å²) in [6.07, 6.45) is 1.38. The molecule has 0 nitrogen and oxygen atoms in total. The Hall–Kier alpha value is 2.80. The highest BCUT2D eigenvalue weighted by Crippen LogP contribution is 2.52. The van der Waals surface area contributed by atoms with Crippen molar-refractivity contribution in [3.63, 3.8) is 0 Å². The van der Waals surface area contributed by atoms with Gasteiger partial charge in [-0.1, -0.05) is 0 Å². The fourth-order valence-electron chi connectivity index (χ4n) is 1.90. The molecular weight excluding hydrogens is 425 g/mol. The molecule has 0 atom stereocenters. The molecule has 1 heterocycles. The van der Waals surface area contributed by atoms with Crippen LogP contribution in [-0.2, 0) is 0 Å². The molecule has 1 fully saturated rings. The lowest BCUT2D eigenvalue weighted by Gasteiger charge is -2.38. The lowest BCUT2D eigenvalue weighted by Crippen LogP contribution is -2.32. The Labute approximate surface area is 174 Å². The van der Waals surface area contributed by atoms with Crippen molar-refractivity contribution in [3.05, 3.63) is 0 Å². The van der Waals surface area contributed by atoms with Crippen LogP contribution in [0.3, 0.4) is 0 Å². The molecule has 0 N–H and O–H groups in total. The Morgan fingerprint density at radius 3 is 1.82 bits per heavy atom. The van der Waals surface area contributed by atoms with Gasteiger partial charge in [0.05, 0.1) is 8.66 Å². The number of hydrogen-bond acceptors (Lipinski definition) is 8. The van der Waals surface area contributed by atoms with Gasteiger partial charge in [0.2, 0.25) is 0 Å². The molecule has 8 heteroatoms. The van der Waals surface area contributed by atoms with Crippen LogP contribution >= 0.6 is 95.8 Å². The maximum Gasteiger partial charge on any atom is 0.0792 e. The van der Waals surface area contributed by atoms with Gasteiger partial charge >= 0.3 is 0 Å². The molecule has 0 radical (unpaired) electrons. The van der Waals surface area contributed by atoms with Crippen molar-refractivity contribution in [1.29, 1.82) is 0 Å². The number of rotatable bonds is 13. The van der Waals surface area contributed by atoms with E-state index in [2.05, 4.69) is 79.2 Å². The zero-order chi connectivity index (χ0) is 16.1. The number of thioether (sulfide) groups is 6. The molecule has 0 amide bonds. The second-order valence-electron chi connectivity index (χ2n) is 4.81. The molecule has 1 aliphatic heterocycles. The molecule has 132 valence electrons. The lowest BCUT2D eigenvalue weighted by molar-refractivity contribution is 0.957. The SMILES string of the molecule is CC1(C(SCCSCCS)SCCSCCS)SCCCS1. The van der Waals surface area contributed by atoms with Gasteiger partial charge in [0, 0.05) is 34.5 Å². The topological polar surface area (TPSA) is 0 Å². The summed E-state index contributed by atoms with van der Waals surface area (Å²) in [5, 5.41) is 0. The summed E-state index contributed by atoms with van der Waals surface area (Å²) in [6.45, 7) is 2.48. The lowest BCUT2D eigenvalue weighted by atomic mass is 10.5. The number of hydrogen-bond donors (Lipinski definition) is 2. The average molecular weight is 453 g/mol. The summed E-state index contributed by atoms with van der Waals surface area (Å²) in [6, 6.07) is 0. The van der Waals surface area contributed by atoms with Gasteiger partial charge < -0.3 is 0 Å². The first-order chi connectivity index (χ1) is 10.7. The normalized spacial score (nSPS) is 18.0. The average Bonchev–Trinajstić information content (AvgIpc) is 2.53. The molecule has 0 aliphatic carbocycles. The Morgan fingerprint density at radius 2 is 1.36 bits per heavy atom. The van der Waals surface area contributed by atoms with Crippen LogP contribution < -0.4 is 0 Å². The quantitative estimate of drug-likeness (QED) is 0.208. The van der Waals surface area contributed by atoms with E-state index in [1.165, 1.54) is 52.4 Å². The molecule has 0 unspecified atom stereocenters. The van der Waals surface area contributed by atoms with E-state index in [0.29, 0.717) is 4.08 Å². The second-order valence-corrected chi connectivity index (χ2v) is 14.2. The van der Waals surface area contributed by atoms with Crippen molar-refractivity contribution in [2.45, 2.75) is 22.0 Å². The van der Waals surface area contributed by atoms with Crippen molar-refractivity contribution in [2.24, 2.45) is 0 Å². The van der Waals surface area contributed by atoms with E-state index in [-0.39, 0.29) is 0 Å². The van der Waals surface area contributed by atoms with Crippen LogP contribution in [0.5, 0.6) is 0 Å². The van der Waals surface area contributed by atoms with E-state index >= 15 is 0 Å². The van der Waals surface area contributed by atoms with Gasteiger partial charge in [-0.3, -0.25) is 0 Å². The molecule has 0 bridgehead atoms. The smallest absolute Gasteiger partial charge is 0.0792 e. The van der Waals surface area contributed by atoms with Gasteiger partial charge in [0.25, 0.3) is 0 Å². The van der Waals surface area contributed by atoms with Crippen molar-refractivity contribution in [1.82, 2.24) is 0 Å². The molecule has 0 aromatic rings. The van der Waals surface area contributed by atoms with E-state index in [0.717, 1.165) is 16.1 Å². The van der Waals surface area contributed by atoms with Crippen LogP contribution in [-0.4, -0.2) is 66.2 Å².